The fraction of sp³-hybridized carbons (Fsp3) is 0.476. The van der Waals surface area contributed by atoms with Crippen LogP contribution in [0.4, 0.5) is 18.9 Å². The van der Waals surface area contributed by atoms with Crippen LogP contribution in [0, 0.1) is 23.4 Å². The van der Waals surface area contributed by atoms with Crippen LogP contribution in [0.15, 0.2) is 18.3 Å². The molecule has 1 N–H and O–H groups in total. The largest absolute Gasteiger partial charge is 0.481 e. The van der Waals surface area contributed by atoms with Crippen LogP contribution in [-0.2, 0) is 4.79 Å². The van der Waals surface area contributed by atoms with Crippen molar-refractivity contribution in [3.05, 3.63) is 35.8 Å². The van der Waals surface area contributed by atoms with E-state index in [4.69, 9.17) is 9.84 Å². The van der Waals surface area contributed by atoms with Crippen molar-refractivity contribution < 1.29 is 27.8 Å². The number of carbonyl (C=O) groups is 1. The number of benzene rings is 1. The number of hydrogen-bond acceptors (Lipinski definition) is 5. The number of nitrogens with zero attached hydrogens (tertiary/aromatic N) is 3. The summed E-state index contributed by atoms with van der Waals surface area (Å²) in [4.78, 5) is 20.3. The summed E-state index contributed by atoms with van der Waals surface area (Å²) in [6.07, 6.45) is 4.65. The second kappa shape index (κ2) is 8.49. The van der Waals surface area contributed by atoms with Crippen molar-refractivity contribution >= 4 is 11.7 Å². The third-order valence-corrected chi connectivity index (χ3v) is 5.71. The Kier molecular flexibility index (Phi) is 5.78. The molecule has 30 heavy (non-hydrogen) atoms. The molecule has 6 nitrogen and oxygen atoms in total. The number of carboxylic acid groups (broad SMARTS) is 1. The molecule has 0 atom stereocenters. The van der Waals surface area contributed by atoms with Gasteiger partial charge in [0, 0.05) is 25.1 Å². The molecule has 1 saturated carbocycles. The van der Waals surface area contributed by atoms with Crippen molar-refractivity contribution in [2.45, 2.75) is 44.6 Å². The van der Waals surface area contributed by atoms with Crippen molar-refractivity contribution in [1.82, 2.24) is 9.97 Å². The van der Waals surface area contributed by atoms with Gasteiger partial charge in [-0.3, -0.25) is 4.79 Å². The Morgan fingerprint density at radius 1 is 1.10 bits per heavy atom. The maximum Gasteiger partial charge on any atom is 0.303 e. The lowest BCUT2D eigenvalue weighted by Gasteiger charge is -2.33. The van der Waals surface area contributed by atoms with E-state index in [1.54, 1.807) is 4.90 Å². The van der Waals surface area contributed by atoms with Gasteiger partial charge in [0.05, 0.1) is 6.20 Å². The van der Waals surface area contributed by atoms with Crippen LogP contribution in [0.5, 0.6) is 5.88 Å². The molecule has 2 aliphatic rings. The Hall–Kier alpha value is -2.84. The number of hydrogen-bond donors (Lipinski definition) is 1. The van der Waals surface area contributed by atoms with Crippen LogP contribution in [0.25, 0.3) is 11.4 Å². The van der Waals surface area contributed by atoms with Gasteiger partial charge < -0.3 is 14.7 Å². The average Bonchev–Trinajstić information content (AvgIpc) is 2.66. The Morgan fingerprint density at radius 2 is 1.77 bits per heavy atom. The summed E-state index contributed by atoms with van der Waals surface area (Å²) >= 11 is 0. The molecule has 2 aromatic rings. The van der Waals surface area contributed by atoms with Crippen LogP contribution in [0.3, 0.4) is 0 Å². The van der Waals surface area contributed by atoms with Gasteiger partial charge >= 0.3 is 5.97 Å². The maximum absolute atomic E-state index is 14.8. The minimum atomic E-state index is -0.866. The van der Waals surface area contributed by atoms with E-state index in [9.17, 15) is 18.0 Å². The Balaban J connectivity index is 1.53. The van der Waals surface area contributed by atoms with Crippen LogP contribution >= 0.6 is 0 Å². The number of ether oxygens (including phenoxy) is 1. The van der Waals surface area contributed by atoms with Gasteiger partial charge in [-0.05, 0) is 50.2 Å². The zero-order valence-corrected chi connectivity index (χ0v) is 16.3. The fourth-order valence-corrected chi connectivity index (χ4v) is 3.82. The van der Waals surface area contributed by atoms with E-state index < -0.39 is 23.4 Å². The smallest absolute Gasteiger partial charge is 0.303 e. The number of aromatic nitrogens is 2. The van der Waals surface area contributed by atoms with Gasteiger partial charge in [-0.1, -0.05) is 0 Å². The van der Waals surface area contributed by atoms with Crippen molar-refractivity contribution in [1.29, 1.82) is 0 Å². The number of anilines is 1. The summed E-state index contributed by atoms with van der Waals surface area (Å²) < 4.78 is 49.0. The molecule has 4 rings (SSSR count). The van der Waals surface area contributed by atoms with E-state index in [0.717, 1.165) is 37.6 Å². The lowest BCUT2D eigenvalue weighted by Crippen LogP contribution is -2.35. The third-order valence-electron chi connectivity index (χ3n) is 5.71. The second-order valence-corrected chi connectivity index (χ2v) is 7.83. The quantitative estimate of drug-likeness (QED) is 0.754. The van der Waals surface area contributed by atoms with Gasteiger partial charge in [-0.15, -0.1) is 0 Å². The summed E-state index contributed by atoms with van der Waals surface area (Å²) in [5.74, 6) is -3.34. The topological polar surface area (TPSA) is 75.5 Å². The van der Waals surface area contributed by atoms with E-state index in [2.05, 4.69) is 9.97 Å². The molecule has 2 fully saturated rings. The highest BCUT2D eigenvalue weighted by atomic mass is 19.1. The third kappa shape index (κ3) is 4.34. The normalized spacial score (nSPS) is 17.6. The first-order valence-electron chi connectivity index (χ1n) is 10.1. The highest BCUT2D eigenvalue weighted by Gasteiger charge is 2.26. The van der Waals surface area contributed by atoms with Crippen LogP contribution < -0.4 is 9.64 Å². The van der Waals surface area contributed by atoms with Crippen LogP contribution in [0.1, 0.15) is 38.5 Å². The number of halogens is 3. The molecular weight excluding hydrogens is 399 g/mol. The first-order chi connectivity index (χ1) is 14.4. The monoisotopic (exact) mass is 421 g/mol. The van der Waals surface area contributed by atoms with E-state index in [1.807, 2.05) is 0 Å². The number of aliphatic carboxylic acids is 1. The standard InChI is InChI=1S/C21H22F3N3O3/c22-15-9-13(20-25-11-17(24)21(26-20)30-14-2-1-3-14)10-16(23)19(15)27-6-4-12(5-7-27)8-18(28)29/h9-12,14H,1-8H2,(H,28,29). The minimum Gasteiger partial charge on any atom is -0.481 e. The molecule has 1 aliphatic carbocycles. The molecule has 1 aliphatic heterocycles. The predicted molar refractivity (Wildman–Crippen MR) is 103 cm³/mol. The summed E-state index contributed by atoms with van der Waals surface area (Å²) in [7, 11) is 0. The Morgan fingerprint density at radius 3 is 2.33 bits per heavy atom. The zero-order valence-electron chi connectivity index (χ0n) is 16.3. The molecule has 0 spiro atoms. The summed E-state index contributed by atoms with van der Waals surface area (Å²) in [5, 5.41) is 8.90. The fourth-order valence-electron chi connectivity index (χ4n) is 3.82. The number of carboxylic acids is 1. The first kappa shape index (κ1) is 20.4. The minimum absolute atomic E-state index is 0.00542. The van der Waals surface area contributed by atoms with E-state index in [0.29, 0.717) is 25.9 Å². The molecule has 0 radical (unpaired) electrons. The van der Waals surface area contributed by atoms with Gasteiger partial charge in [0.25, 0.3) is 5.88 Å². The molecular formula is C21H22F3N3O3. The Labute approximate surface area is 171 Å². The van der Waals surface area contributed by atoms with Gasteiger partial charge in [0.1, 0.15) is 23.4 Å². The molecule has 2 heterocycles. The van der Waals surface area contributed by atoms with Crippen molar-refractivity contribution in [3.8, 4) is 17.3 Å². The molecule has 0 bridgehead atoms. The highest BCUT2D eigenvalue weighted by Crippen LogP contribution is 2.33. The Bertz CT molecular complexity index is 921. The molecule has 0 unspecified atom stereocenters. The van der Waals surface area contributed by atoms with E-state index in [1.165, 1.54) is 0 Å². The van der Waals surface area contributed by atoms with Crippen molar-refractivity contribution in [2.75, 3.05) is 18.0 Å². The summed E-state index contributed by atoms with van der Waals surface area (Å²) in [5.41, 5.74) is -0.0615. The number of piperidine rings is 1. The van der Waals surface area contributed by atoms with Gasteiger partial charge in [-0.25, -0.2) is 13.8 Å². The molecule has 160 valence electrons. The SMILES string of the molecule is O=C(O)CC1CCN(c2c(F)cc(-c3ncc(F)c(OC4CCC4)n3)cc2F)CC1. The highest BCUT2D eigenvalue weighted by molar-refractivity contribution is 5.67. The summed E-state index contributed by atoms with van der Waals surface area (Å²) in [6.45, 7) is 0.745. The first-order valence-corrected chi connectivity index (χ1v) is 10.1. The van der Waals surface area contributed by atoms with Gasteiger partial charge in [0.2, 0.25) is 5.82 Å². The molecule has 1 aromatic carbocycles. The van der Waals surface area contributed by atoms with Gasteiger partial charge in [0.15, 0.2) is 5.82 Å². The van der Waals surface area contributed by atoms with Crippen LogP contribution in [0.2, 0.25) is 0 Å². The summed E-state index contributed by atoms with van der Waals surface area (Å²) in [6, 6.07) is 2.25. The van der Waals surface area contributed by atoms with Gasteiger partial charge in [-0.2, -0.15) is 9.37 Å². The molecule has 0 amide bonds. The zero-order chi connectivity index (χ0) is 21.3. The maximum atomic E-state index is 14.8. The van der Waals surface area contributed by atoms with Crippen molar-refractivity contribution in [2.24, 2.45) is 5.92 Å². The molecule has 1 saturated heterocycles. The predicted octanol–water partition coefficient (Wildman–Crippen LogP) is 4.18. The number of rotatable bonds is 6. The second-order valence-electron chi connectivity index (χ2n) is 7.83. The lowest BCUT2D eigenvalue weighted by atomic mass is 9.93. The molecule has 1 aromatic heterocycles. The van der Waals surface area contributed by atoms with E-state index in [-0.39, 0.29) is 41.4 Å². The van der Waals surface area contributed by atoms with E-state index >= 15 is 0 Å². The molecule has 9 heteroatoms. The van der Waals surface area contributed by atoms with Crippen LogP contribution in [-0.4, -0.2) is 40.2 Å². The lowest BCUT2D eigenvalue weighted by molar-refractivity contribution is -0.138. The average molecular weight is 421 g/mol. The van der Waals surface area contributed by atoms with Crippen molar-refractivity contribution in [3.63, 3.8) is 0 Å².